The van der Waals surface area contributed by atoms with Gasteiger partial charge in [-0.3, -0.25) is 14.4 Å². The van der Waals surface area contributed by atoms with Crippen LogP contribution < -0.4 is 0 Å². The molecule has 0 saturated carbocycles. The molecule has 1 fully saturated rings. The molecule has 0 aromatic heterocycles. The molecule has 1 aliphatic heterocycles. The van der Waals surface area contributed by atoms with Crippen LogP contribution in [0.2, 0.25) is 0 Å². The summed E-state index contributed by atoms with van der Waals surface area (Å²) in [6.45, 7) is 7.44. The van der Waals surface area contributed by atoms with Crippen molar-refractivity contribution in [3.05, 3.63) is 0 Å². The summed E-state index contributed by atoms with van der Waals surface area (Å²) in [7, 11) is 0. The maximum Gasteiger partial charge on any atom is 0.303 e. The molecule has 0 spiro atoms. The highest BCUT2D eigenvalue weighted by molar-refractivity contribution is 5.67. The lowest BCUT2D eigenvalue weighted by atomic mass is 9.90. The molecule has 33 heavy (non-hydrogen) atoms. The summed E-state index contributed by atoms with van der Waals surface area (Å²) >= 11 is 0. The quantitative estimate of drug-likeness (QED) is 0.178. The first-order valence-electron chi connectivity index (χ1n) is 10.8. The van der Waals surface area contributed by atoms with Gasteiger partial charge >= 0.3 is 17.9 Å². The smallest absolute Gasteiger partial charge is 0.303 e. The Morgan fingerprint density at radius 3 is 1.79 bits per heavy atom. The van der Waals surface area contributed by atoms with Gasteiger partial charge in [-0.25, -0.2) is 0 Å². The summed E-state index contributed by atoms with van der Waals surface area (Å²) < 4.78 is 43.2. The maximum absolute atomic E-state index is 11.6. The van der Waals surface area contributed by atoms with E-state index in [-0.39, 0.29) is 33.0 Å². The molecule has 1 rings (SSSR count). The van der Waals surface area contributed by atoms with E-state index in [1.807, 2.05) is 0 Å². The van der Waals surface area contributed by atoms with Crippen LogP contribution in [0.3, 0.4) is 0 Å². The molecule has 0 aromatic carbocycles. The second kappa shape index (κ2) is 16.7. The second-order valence-electron chi connectivity index (χ2n) is 7.28. The van der Waals surface area contributed by atoms with E-state index >= 15 is 0 Å². The minimum absolute atomic E-state index is 0.0280. The van der Waals surface area contributed by atoms with E-state index in [1.54, 1.807) is 6.92 Å². The molecule has 0 amide bonds. The molecule has 1 heterocycles. The van der Waals surface area contributed by atoms with Crippen molar-refractivity contribution in [1.82, 2.24) is 0 Å². The topological polar surface area (TPSA) is 145 Å². The number of aliphatic hydroxyl groups is 1. The minimum Gasteiger partial charge on any atom is -0.463 e. The first-order valence-corrected chi connectivity index (χ1v) is 10.8. The van der Waals surface area contributed by atoms with Crippen LogP contribution in [0, 0.1) is 5.92 Å². The number of esters is 3. The first kappa shape index (κ1) is 29.2. The molecule has 192 valence electrons. The van der Waals surface area contributed by atoms with Crippen molar-refractivity contribution in [3.8, 4) is 0 Å². The molecule has 0 aliphatic carbocycles. The molecule has 1 aliphatic rings. The van der Waals surface area contributed by atoms with Crippen molar-refractivity contribution >= 4 is 17.9 Å². The highest BCUT2D eigenvalue weighted by Crippen LogP contribution is 2.31. The SMILES string of the molecule is CC(=O)OCC1O[C@@H](OCCOCCOCCOCCO)C(OC(C)=O)[C@@H](C)[C@H]1OC(C)=O. The fraction of sp³-hybridized carbons (Fsp3) is 0.857. The third-order valence-electron chi connectivity index (χ3n) is 4.52. The van der Waals surface area contributed by atoms with Crippen LogP contribution in [0.4, 0.5) is 0 Å². The van der Waals surface area contributed by atoms with E-state index in [9.17, 15) is 14.4 Å². The Bertz CT molecular complexity index is 582. The fourth-order valence-corrected chi connectivity index (χ4v) is 3.13. The van der Waals surface area contributed by atoms with E-state index in [4.69, 9.17) is 43.0 Å². The van der Waals surface area contributed by atoms with Gasteiger partial charge in [0.1, 0.15) is 18.8 Å². The Kier molecular flexibility index (Phi) is 14.8. The summed E-state index contributed by atoms with van der Waals surface area (Å²) in [6.07, 6.45) is -3.42. The lowest BCUT2D eigenvalue weighted by molar-refractivity contribution is -0.295. The van der Waals surface area contributed by atoms with E-state index in [1.165, 1.54) is 20.8 Å². The number of ether oxygens (including phenoxy) is 8. The molecule has 12 heteroatoms. The first-order chi connectivity index (χ1) is 15.8. The van der Waals surface area contributed by atoms with Gasteiger partial charge < -0.3 is 43.0 Å². The van der Waals surface area contributed by atoms with Crippen LogP contribution in [0.5, 0.6) is 0 Å². The zero-order chi connectivity index (χ0) is 24.6. The molecule has 1 N–H and O–H groups in total. The number of carbonyl (C=O) groups is 3. The highest BCUT2D eigenvalue weighted by atomic mass is 16.7. The standard InChI is InChI=1S/C21H36O12/c1-14-19(31-16(3)24)18(13-30-15(2)23)33-21(20(14)32-17(4)25)29-12-11-28-10-9-27-8-7-26-6-5-22/h14,18-22H,5-13H2,1-4H3/t14-,18?,19+,20?,21+/m0/s1. The Hall–Kier alpha value is -1.83. The summed E-state index contributed by atoms with van der Waals surface area (Å²) in [4.78, 5) is 34.4. The predicted octanol–water partition coefficient (Wildman–Crippen LogP) is -0.167. The van der Waals surface area contributed by atoms with Gasteiger partial charge in [0.2, 0.25) is 0 Å². The van der Waals surface area contributed by atoms with Crippen molar-refractivity contribution in [1.29, 1.82) is 0 Å². The molecule has 1 saturated heterocycles. The lowest BCUT2D eigenvalue weighted by Crippen LogP contribution is -2.58. The Balaban J connectivity index is 2.54. The summed E-state index contributed by atoms with van der Waals surface area (Å²) in [5, 5.41) is 8.60. The summed E-state index contributed by atoms with van der Waals surface area (Å²) in [5.41, 5.74) is 0. The van der Waals surface area contributed by atoms with Crippen molar-refractivity contribution in [2.75, 3.05) is 59.5 Å². The Morgan fingerprint density at radius 2 is 1.27 bits per heavy atom. The highest BCUT2D eigenvalue weighted by Gasteiger charge is 2.48. The van der Waals surface area contributed by atoms with E-state index in [0.29, 0.717) is 26.4 Å². The van der Waals surface area contributed by atoms with Crippen LogP contribution in [-0.4, -0.2) is 107 Å². The van der Waals surface area contributed by atoms with Crippen molar-refractivity contribution < 1.29 is 57.4 Å². The normalized spacial score (nSPS) is 24.8. The number of hydrogen-bond acceptors (Lipinski definition) is 12. The fourth-order valence-electron chi connectivity index (χ4n) is 3.13. The number of hydrogen-bond donors (Lipinski definition) is 1. The number of aliphatic hydroxyl groups excluding tert-OH is 1. The number of carbonyl (C=O) groups excluding carboxylic acids is 3. The van der Waals surface area contributed by atoms with Crippen LogP contribution in [0.1, 0.15) is 27.7 Å². The summed E-state index contributed by atoms with van der Waals surface area (Å²) in [6, 6.07) is 0. The van der Waals surface area contributed by atoms with Crippen molar-refractivity contribution in [2.45, 2.75) is 52.3 Å². The molecule has 12 nitrogen and oxygen atoms in total. The monoisotopic (exact) mass is 480 g/mol. The molecular formula is C21H36O12. The molecule has 0 aromatic rings. The van der Waals surface area contributed by atoms with Gasteiger partial charge in [-0.2, -0.15) is 0 Å². The van der Waals surface area contributed by atoms with Gasteiger partial charge in [0, 0.05) is 26.7 Å². The zero-order valence-electron chi connectivity index (χ0n) is 19.7. The van der Waals surface area contributed by atoms with Crippen LogP contribution in [-0.2, 0) is 52.3 Å². The van der Waals surface area contributed by atoms with Crippen LogP contribution in [0.25, 0.3) is 0 Å². The second-order valence-corrected chi connectivity index (χ2v) is 7.28. The van der Waals surface area contributed by atoms with Gasteiger partial charge in [-0.1, -0.05) is 6.92 Å². The third-order valence-corrected chi connectivity index (χ3v) is 4.52. The van der Waals surface area contributed by atoms with E-state index in [2.05, 4.69) is 0 Å². The van der Waals surface area contributed by atoms with Crippen molar-refractivity contribution in [3.63, 3.8) is 0 Å². The largest absolute Gasteiger partial charge is 0.463 e. The van der Waals surface area contributed by atoms with E-state index < -0.39 is 48.4 Å². The van der Waals surface area contributed by atoms with Gasteiger partial charge in [-0.15, -0.1) is 0 Å². The lowest BCUT2D eigenvalue weighted by Gasteiger charge is -2.43. The number of rotatable bonds is 16. The molecular weight excluding hydrogens is 444 g/mol. The van der Waals surface area contributed by atoms with Gasteiger partial charge in [-0.05, 0) is 0 Å². The van der Waals surface area contributed by atoms with Gasteiger partial charge in [0.15, 0.2) is 12.4 Å². The average Bonchev–Trinajstić information content (AvgIpc) is 2.74. The minimum atomic E-state index is -0.972. The Morgan fingerprint density at radius 1 is 0.758 bits per heavy atom. The van der Waals surface area contributed by atoms with Crippen LogP contribution in [0.15, 0.2) is 0 Å². The average molecular weight is 481 g/mol. The summed E-state index contributed by atoms with van der Waals surface area (Å²) in [5.74, 6) is -2.08. The van der Waals surface area contributed by atoms with Gasteiger partial charge in [0.05, 0.1) is 52.9 Å². The predicted molar refractivity (Wildman–Crippen MR) is 111 cm³/mol. The van der Waals surface area contributed by atoms with E-state index in [0.717, 1.165) is 0 Å². The zero-order valence-corrected chi connectivity index (χ0v) is 19.7. The van der Waals surface area contributed by atoms with Gasteiger partial charge in [0.25, 0.3) is 0 Å². The maximum atomic E-state index is 11.6. The molecule has 2 unspecified atom stereocenters. The third kappa shape index (κ3) is 12.3. The Labute approximate surface area is 193 Å². The van der Waals surface area contributed by atoms with Crippen LogP contribution >= 0.6 is 0 Å². The molecule has 0 bridgehead atoms. The molecule has 5 atom stereocenters. The molecule has 0 radical (unpaired) electrons. The van der Waals surface area contributed by atoms with Crippen molar-refractivity contribution in [2.24, 2.45) is 5.92 Å².